The molecule has 2 atom stereocenters. The van der Waals surface area contributed by atoms with E-state index in [0.717, 1.165) is 0 Å². The quantitative estimate of drug-likeness (QED) is 0.390. The van der Waals surface area contributed by atoms with E-state index >= 15 is 0 Å². The van der Waals surface area contributed by atoms with Crippen LogP contribution in [0, 0.1) is 0 Å². The van der Waals surface area contributed by atoms with Crippen LogP contribution in [0.25, 0.3) is 0 Å². The van der Waals surface area contributed by atoms with Crippen LogP contribution in [0.4, 0.5) is 0 Å². The molecule has 66 valence electrons. The molecule has 0 bridgehead atoms. The summed E-state index contributed by atoms with van der Waals surface area (Å²) in [6, 6.07) is 0. The molecule has 6 nitrogen and oxygen atoms in total. The van der Waals surface area contributed by atoms with Crippen LogP contribution in [-0.2, 0) is 31.3 Å². The van der Waals surface area contributed by atoms with Crippen molar-refractivity contribution in [1.29, 1.82) is 0 Å². The van der Waals surface area contributed by atoms with Gasteiger partial charge in [0, 0.05) is 21.7 Å². The summed E-state index contributed by atoms with van der Waals surface area (Å²) in [5.41, 5.74) is 0. The maximum Gasteiger partial charge on any atom is 0 e. The first-order chi connectivity index (χ1) is 4.46. The molecular weight excluding hydrogens is 232 g/mol. The third-order valence-electron chi connectivity index (χ3n) is 0.805. The van der Waals surface area contributed by atoms with Crippen LogP contribution in [-0.4, -0.2) is 82.3 Å². The van der Waals surface area contributed by atoms with Crippen LogP contribution in [0.5, 0.6) is 0 Å². The normalized spacial score (nSPS) is 13.2. The fraction of sp³-hybridized carbons (Fsp3) is 0.500. The smallest absolute Gasteiger partial charge is 0 e. The van der Waals surface area contributed by atoms with Crippen molar-refractivity contribution in [3.63, 3.8) is 0 Å². The molecule has 0 heterocycles. The van der Waals surface area contributed by atoms with Crippen molar-refractivity contribution in [2.45, 2.75) is 12.2 Å². The molecule has 0 saturated heterocycles. The average Bonchev–Trinajstić information content (AvgIpc) is 1.84. The average molecular weight is 240 g/mol. The minimum absolute atomic E-state index is 0. The molecule has 0 radical (unpaired) electrons. The van der Waals surface area contributed by atoms with E-state index in [2.05, 4.69) is 0 Å². The van der Waals surface area contributed by atoms with Crippen molar-refractivity contribution >= 4 is 49.7 Å². The molecule has 4 N–H and O–H groups in total. The van der Waals surface area contributed by atoms with Gasteiger partial charge in [-0.15, -0.1) is 0 Å². The maximum absolute atomic E-state index is 9.77. The second-order valence-electron chi connectivity index (χ2n) is 1.57. The Kier molecular flexibility index (Phi) is 13.1. The number of carbonyl (C=O) groups is 2. The van der Waals surface area contributed by atoms with Gasteiger partial charge in [0.15, 0.2) is 12.2 Å². The van der Waals surface area contributed by atoms with E-state index in [1.807, 2.05) is 0 Å². The standard InChI is InChI=1S/C4H6O6.Ca.Ti.2H/c5-1(3(7)8)2(6)4(9)10;;;;/h1-2,5-6H,(H,7,8)(H,9,10);;;;. The number of rotatable bonds is 3. The first kappa shape index (κ1) is 18.6. The summed E-state index contributed by atoms with van der Waals surface area (Å²) < 4.78 is 0. The molecule has 0 amide bonds. The van der Waals surface area contributed by atoms with Gasteiger partial charge in [-0.25, -0.2) is 9.59 Å². The molecule has 0 aromatic rings. The van der Waals surface area contributed by atoms with Gasteiger partial charge >= 0.3 is 49.7 Å². The zero-order valence-corrected chi connectivity index (χ0v) is 6.82. The van der Waals surface area contributed by atoms with Crippen molar-refractivity contribution in [2.24, 2.45) is 0 Å². The Morgan fingerprint density at radius 3 is 1.17 bits per heavy atom. The van der Waals surface area contributed by atoms with Crippen molar-refractivity contribution < 1.29 is 51.7 Å². The van der Waals surface area contributed by atoms with Gasteiger partial charge < -0.3 is 20.4 Å². The van der Waals surface area contributed by atoms with Gasteiger partial charge in [0.2, 0.25) is 0 Å². The summed E-state index contributed by atoms with van der Waals surface area (Å²) >= 11 is 0. The number of hydrogen-bond donors (Lipinski definition) is 4. The Morgan fingerprint density at radius 1 is 0.917 bits per heavy atom. The summed E-state index contributed by atoms with van der Waals surface area (Å²) in [6.07, 6.45) is -4.53. The molecule has 0 aromatic carbocycles. The minimum atomic E-state index is -2.27. The van der Waals surface area contributed by atoms with E-state index in [9.17, 15) is 9.59 Å². The van der Waals surface area contributed by atoms with Crippen molar-refractivity contribution in [3.8, 4) is 0 Å². The summed E-state index contributed by atoms with van der Waals surface area (Å²) in [7, 11) is 0. The third kappa shape index (κ3) is 6.36. The van der Waals surface area contributed by atoms with E-state index in [0.29, 0.717) is 0 Å². The first-order valence-electron chi connectivity index (χ1n) is 2.28. The Hall–Kier alpha value is 0.834. The topological polar surface area (TPSA) is 115 Å². The second-order valence-corrected chi connectivity index (χ2v) is 1.57. The first-order valence-corrected chi connectivity index (χ1v) is 2.28. The van der Waals surface area contributed by atoms with E-state index < -0.39 is 24.1 Å². The number of hydrogen-bond acceptors (Lipinski definition) is 4. The number of carboxylic acid groups (broad SMARTS) is 2. The molecule has 0 aliphatic rings. The molecule has 0 aromatic heterocycles. The summed E-state index contributed by atoms with van der Waals surface area (Å²) in [4.78, 5) is 19.5. The predicted molar refractivity (Wildman–Crippen MR) is 35.8 cm³/mol. The van der Waals surface area contributed by atoms with Crippen molar-refractivity contribution in [2.75, 3.05) is 0 Å². The molecule has 0 saturated carbocycles. The summed E-state index contributed by atoms with van der Waals surface area (Å²) in [6.45, 7) is 0. The number of aliphatic hydroxyl groups is 2. The molecule has 2 unspecified atom stereocenters. The molecule has 12 heavy (non-hydrogen) atoms. The Labute approximate surface area is 112 Å². The van der Waals surface area contributed by atoms with Crippen molar-refractivity contribution in [1.82, 2.24) is 0 Å². The van der Waals surface area contributed by atoms with Crippen molar-refractivity contribution in [3.05, 3.63) is 0 Å². The third-order valence-corrected chi connectivity index (χ3v) is 0.805. The van der Waals surface area contributed by atoms with Crippen LogP contribution in [0.2, 0.25) is 0 Å². The van der Waals surface area contributed by atoms with Gasteiger partial charge in [-0.1, -0.05) is 0 Å². The molecule has 0 rings (SSSR count). The Morgan fingerprint density at radius 2 is 1.08 bits per heavy atom. The summed E-state index contributed by atoms with van der Waals surface area (Å²) in [5, 5.41) is 32.5. The molecular formula is C4H8CaO6Ti. The van der Waals surface area contributed by atoms with Gasteiger partial charge in [0.25, 0.3) is 0 Å². The summed E-state index contributed by atoms with van der Waals surface area (Å²) in [5.74, 6) is -3.54. The van der Waals surface area contributed by atoms with Gasteiger partial charge in [-0.2, -0.15) is 0 Å². The van der Waals surface area contributed by atoms with Gasteiger partial charge in [0.05, 0.1) is 0 Å². The van der Waals surface area contributed by atoms with E-state index in [1.54, 1.807) is 0 Å². The fourth-order valence-electron chi connectivity index (χ4n) is 0.270. The zero-order valence-electron chi connectivity index (χ0n) is 5.26. The fourth-order valence-corrected chi connectivity index (χ4v) is 0.270. The number of carboxylic acids is 2. The van der Waals surface area contributed by atoms with Crippen LogP contribution < -0.4 is 0 Å². The second kappa shape index (κ2) is 8.43. The molecule has 0 spiro atoms. The SMILES string of the molecule is O=C(O)C(O)C(O)C(=O)O.[CaH2].[Ti]. The van der Waals surface area contributed by atoms with Crippen LogP contribution in [0.1, 0.15) is 0 Å². The van der Waals surface area contributed by atoms with E-state index in [4.69, 9.17) is 20.4 Å². The number of aliphatic hydroxyl groups excluding tert-OH is 2. The molecule has 0 fully saturated rings. The van der Waals surface area contributed by atoms with Crippen LogP contribution in [0.3, 0.4) is 0 Å². The number of aliphatic carboxylic acids is 2. The minimum Gasteiger partial charge on any atom is 0 e. The molecule has 0 aliphatic heterocycles. The van der Waals surface area contributed by atoms with Crippen LogP contribution in [0.15, 0.2) is 0 Å². The Bertz CT molecular complexity index is 144. The van der Waals surface area contributed by atoms with E-state index in [-0.39, 0.29) is 59.5 Å². The molecule has 0 aliphatic carbocycles. The maximum atomic E-state index is 9.77. The van der Waals surface area contributed by atoms with Gasteiger partial charge in [0.1, 0.15) is 0 Å². The van der Waals surface area contributed by atoms with E-state index in [1.165, 1.54) is 0 Å². The predicted octanol–water partition coefficient (Wildman–Crippen LogP) is -3.04. The monoisotopic (exact) mass is 240 g/mol. The largest absolute Gasteiger partial charge is 0 e. The van der Waals surface area contributed by atoms with Gasteiger partial charge in [-0.05, 0) is 0 Å². The zero-order chi connectivity index (χ0) is 8.31. The van der Waals surface area contributed by atoms with Gasteiger partial charge in [-0.3, -0.25) is 0 Å². The van der Waals surface area contributed by atoms with Crippen LogP contribution >= 0.6 is 0 Å². The molecule has 8 heteroatoms. The Balaban J connectivity index is -0.000000405.